The van der Waals surface area contributed by atoms with Crippen molar-refractivity contribution >= 4 is 0 Å². The maximum Gasteiger partial charge on any atom is 0.434 e. The first-order valence-corrected chi connectivity index (χ1v) is 5.48. The first kappa shape index (κ1) is 13.1. The van der Waals surface area contributed by atoms with Crippen molar-refractivity contribution in [2.45, 2.75) is 20.0 Å². The van der Waals surface area contributed by atoms with E-state index in [1.807, 2.05) is 0 Å². The van der Waals surface area contributed by atoms with Crippen molar-refractivity contribution in [3.8, 4) is 11.8 Å². The van der Waals surface area contributed by atoms with Crippen LogP contribution >= 0.6 is 0 Å². The average molecular weight is 265 g/mol. The van der Waals surface area contributed by atoms with Gasteiger partial charge in [-0.1, -0.05) is 18.2 Å². The number of hydrogen-bond acceptors (Lipinski definition) is 2. The molecule has 98 valence electrons. The number of aryl methyl sites for hydroxylation is 2. The zero-order chi connectivity index (χ0) is 14.2. The van der Waals surface area contributed by atoms with E-state index in [1.54, 1.807) is 32.0 Å². The maximum atomic E-state index is 13.1. The Morgan fingerprint density at radius 1 is 1.21 bits per heavy atom. The zero-order valence-corrected chi connectivity index (χ0v) is 10.3. The highest BCUT2D eigenvalue weighted by Gasteiger charge is 2.39. The van der Waals surface area contributed by atoms with E-state index in [-0.39, 0.29) is 0 Å². The highest BCUT2D eigenvalue weighted by atomic mass is 19.4. The molecule has 1 heterocycles. The van der Waals surface area contributed by atoms with E-state index in [0.717, 1.165) is 10.9 Å². The molecule has 6 heteroatoms. The SMILES string of the molecule is Cc1cccc(C)c1-n1ncc(C#N)c1C(F)(F)F. The molecule has 0 spiro atoms. The van der Waals surface area contributed by atoms with Crippen molar-refractivity contribution < 1.29 is 13.2 Å². The lowest BCUT2D eigenvalue weighted by atomic mass is 10.1. The fourth-order valence-electron chi connectivity index (χ4n) is 2.01. The predicted molar refractivity (Wildman–Crippen MR) is 62.8 cm³/mol. The number of benzene rings is 1. The minimum absolute atomic E-state index is 0.358. The number of halogens is 3. The van der Waals surface area contributed by atoms with Crippen LogP contribution in [-0.4, -0.2) is 9.78 Å². The monoisotopic (exact) mass is 265 g/mol. The Morgan fingerprint density at radius 3 is 2.26 bits per heavy atom. The van der Waals surface area contributed by atoms with Crippen molar-refractivity contribution in [3.63, 3.8) is 0 Å². The third-order valence-electron chi connectivity index (χ3n) is 2.81. The van der Waals surface area contributed by atoms with Gasteiger partial charge in [-0.05, 0) is 25.0 Å². The molecule has 0 saturated carbocycles. The van der Waals surface area contributed by atoms with Crippen LogP contribution in [0.3, 0.4) is 0 Å². The summed E-state index contributed by atoms with van der Waals surface area (Å²) in [4.78, 5) is 0. The summed E-state index contributed by atoms with van der Waals surface area (Å²) < 4.78 is 40.0. The highest BCUT2D eigenvalue weighted by Crippen LogP contribution is 2.34. The van der Waals surface area contributed by atoms with Crippen LogP contribution in [0, 0.1) is 25.2 Å². The number of para-hydroxylation sites is 1. The van der Waals surface area contributed by atoms with Crippen LogP contribution in [0.15, 0.2) is 24.4 Å². The molecule has 2 aromatic rings. The number of nitriles is 1. The summed E-state index contributed by atoms with van der Waals surface area (Å²) in [5, 5.41) is 12.5. The van der Waals surface area contributed by atoms with Gasteiger partial charge in [-0.15, -0.1) is 0 Å². The summed E-state index contributed by atoms with van der Waals surface area (Å²) in [5.74, 6) is 0. The van der Waals surface area contributed by atoms with Gasteiger partial charge in [0.1, 0.15) is 11.6 Å². The molecule has 19 heavy (non-hydrogen) atoms. The number of rotatable bonds is 1. The van der Waals surface area contributed by atoms with Gasteiger partial charge in [0.15, 0.2) is 5.69 Å². The molecule has 0 unspecified atom stereocenters. The molecular weight excluding hydrogens is 255 g/mol. The Balaban J connectivity index is 2.79. The van der Waals surface area contributed by atoms with Gasteiger partial charge in [-0.2, -0.15) is 23.5 Å². The lowest BCUT2D eigenvalue weighted by Gasteiger charge is -2.14. The Labute approximate surface area is 107 Å². The topological polar surface area (TPSA) is 41.6 Å². The summed E-state index contributed by atoms with van der Waals surface area (Å²) in [6, 6.07) is 6.70. The predicted octanol–water partition coefficient (Wildman–Crippen LogP) is 3.38. The Hall–Kier alpha value is -2.29. The highest BCUT2D eigenvalue weighted by molar-refractivity contribution is 5.49. The lowest BCUT2D eigenvalue weighted by molar-refractivity contribution is -0.143. The van der Waals surface area contributed by atoms with Gasteiger partial charge >= 0.3 is 6.18 Å². The molecule has 0 aliphatic heterocycles. The fourth-order valence-corrected chi connectivity index (χ4v) is 2.01. The first-order valence-electron chi connectivity index (χ1n) is 5.48. The Bertz CT molecular complexity index is 642. The van der Waals surface area contributed by atoms with Crippen molar-refractivity contribution in [1.82, 2.24) is 9.78 Å². The van der Waals surface area contributed by atoms with Crippen molar-refractivity contribution in [2.24, 2.45) is 0 Å². The Kier molecular flexibility index (Phi) is 3.06. The molecule has 0 aliphatic rings. The van der Waals surface area contributed by atoms with Crippen LogP contribution in [-0.2, 0) is 6.18 Å². The molecule has 0 atom stereocenters. The first-order chi connectivity index (χ1) is 8.86. The van der Waals surface area contributed by atoms with Crippen LogP contribution in [0.2, 0.25) is 0 Å². The zero-order valence-electron chi connectivity index (χ0n) is 10.3. The van der Waals surface area contributed by atoms with Gasteiger partial charge < -0.3 is 0 Å². The second-order valence-electron chi connectivity index (χ2n) is 4.17. The smallest absolute Gasteiger partial charge is 0.227 e. The second-order valence-corrected chi connectivity index (χ2v) is 4.17. The van der Waals surface area contributed by atoms with Crippen LogP contribution < -0.4 is 0 Å². The second kappa shape index (κ2) is 4.43. The summed E-state index contributed by atoms with van der Waals surface area (Å²) in [5.41, 5.74) is 0.176. The molecule has 1 aromatic heterocycles. The third-order valence-corrected chi connectivity index (χ3v) is 2.81. The average Bonchev–Trinajstić information content (AvgIpc) is 2.72. The number of alkyl halides is 3. The molecular formula is C13H10F3N3. The van der Waals surface area contributed by atoms with Crippen molar-refractivity contribution in [2.75, 3.05) is 0 Å². The number of hydrogen-bond donors (Lipinski definition) is 0. The summed E-state index contributed by atoms with van der Waals surface area (Å²) in [6.07, 6.45) is -3.69. The fraction of sp³-hybridized carbons (Fsp3) is 0.231. The molecule has 0 amide bonds. The van der Waals surface area contributed by atoms with E-state index in [2.05, 4.69) is 5.10 Å². The van der Waals surface area contributed by atoms with Crippen LogP contribution in [0.25, 0.3) is 5.69 Å². The number of nitrogens with zero attached hydrogens (tertiary/aromatic N) is 3. The Morgan fingerprint density at radius 2 is 1.79 bits per heavy atom. The molecule has 2 rings (SSSR count). The molecule has 0 N–H and O–H groups in total. The van der Waals surface area contributed by atoms with Crippen molar-refractivity contribution in [3.05, 3.63) is 46.8 Å². The lowest BCUT2D eigenvalue weighted by Crippen LogP contribution is -2.16. The van der Waals surface area contributed by atoms with Crippen LogP contribution in [0.1, 0.15) is 22.4 Å². The van der Waals surface area contributed by atoms with E-state index in [1.165, 1.54) is 6.07 Å². The normalized spacial score (nSPS) is 11.4. The van der Waals surface area contributed by atoms with E-state index in [9.17, 15) is 13.2 Å². The summed E-state index contributed by atoms with van der Waals surface area (Å²) >= 11 is 0. The van der Waals surface area contributed by atoms with Gasteiger partial charge in [-0.3, -0.25) is 0 Å². The minimum Gasteiger partial charge on any atom is -0.227 e. The molecule has 0 bridgehead atoms. The summed E-state index contributed by atoms with van der Waals surface area (Å²) in [6.45, 7) is 3.41. The van der Waals surface area contributed by atoms with Gasteiger partial charge in [0.2, 0.25) is 0 Å². The molecule has 0 saturated heterocycles. The van der Waals surface area contributed by atoms with Gasteiger partial charge in [0.05, 0.1) is 11.9 Å². The van der Waals surface area contributed by atoms with Gasteiger partial charge in [0.25, 0.3) is 0 Å². The number of aromatic nitrogens is 2. The van der Waals surface area contributed by atoms with Crippen LogP contribution in [0.5, 0.6) is 0 Å². The minimum atomic E-state index is -4.63. The van der Waals surface area contributed by atoms with E-state index in [0.29, 0.717) is 16.8 Å². The standard InChI is InChI=1S/C13H10F3N3/c1-8-4-3-5-9(2)11(8)19-12(13(14,15)16)10(6-17)7-18-19/h3-5,7H,1-2H3. The molecule has 1 aromatic carbocycles. The van der Waals surface area contributed by atoms with Gasteiger partial charge in [0, 0.05) is 0 Å². The largest absolute Gasteiger partial charge is 0.434 e. The van der Waals surface area contributed by atoms with Crippen LogP contribution in [0.4, 0.5) is 13.2 Å². The van der Waals surface area contributed by atoms with Crippen molar-refractivity contribution in [1.29, 1.82) is 5.26 Å². The van der Waals surface area contributed by atoms with E-state index in [4.69, 9.17) is 5.26 Å². The molecule has 0 fully saturated rings. The third kappa shape index (κ3) is 2.19. The molecule has 0 aliphatic carbocycles. The van der Waals surface area contributed by atoms with E-state index < -0.39 is 17.4 Å². The molecule has 0 radical (unpaired) electrons. The van der Waals surface area contributed by atoms with E-state index >= 15 is 0 Å². The maximum absolute atomic E-state index is 13.1. The van der Waals surface area contributed by atoms with Gasteiger partial charge in [-0.25, -0.2) is 4.68 Å². The summed E-state index contributed by atoms with van der Waals surface area (Å²) in [7, 11) is 0. The quantitative estimate of drug-likeness (QED) is 0.793. The molecule has 3 nitrogen and oxygen atoms in total.